The Morgan fingerprint density at radius 1 is 1.15 bits per heavy atom. The van der Waals surface area contributed by atoms with Gasteiger partial charge in [0, 0.05) is 10.5 Å². The van der Waals surface area contributed by atoms with E-state index in [2.05, 4.69) is 21.2 Å². The van der Waals surface area contributed by atoms with Gasteiger partial charge in [-0.3, -0.25) is 4.79 Å². The highest BCUT2D eigenvalue weighted by molar-refractivity contribution is 9.10. The van der Waals surface area contributed by atoms with Gasteiger partial charge in [-0.25, -0.2) is 8.78 Å². The summed E-state index contributed by atoms with van der Waals surface area (Å²) < 4.78 is 32.7. The number of halogens is 3. The fourth-order valence-electron chi connectivity index (χ4n) is 1.59. The highest BCUT2D eigenvalue weighted by atomic mass is 79.9. The van der Waals surface area contributed by atoms with Crippen molar-refractivity contribution in [2.45, 2.75) is 0 Å². The molecule has 0 spiro atoms. The zero-order valence-corrected chi connectivity index (χ0v) is 12.0. The highest BCUT2D eigenvalue weighted by Crippen LogP contribution is 2.21. The molecule has 1 N–H and O–H groups in total. The number of carbonyl (C=O) groups is 1. The molecule has 104 valence electrons. The molecule has 0 saturated carbocycles. The summed E-state index contributed by atoms with van der Waals surface area (Å²) in [5.41, 5.74) is -0.207. The molecule has 0 saturated heterocycles. The monoisotopic (exact) mass is 341 g/mol. The van der Waals surface area contributed by atoms with Gasteiger partial charge in [0.2, 0.25) is 0 Å². The van der Waals surface area contributed by atoms with E-state index in [0.717, 1.165) is 6.07 Å². The maximum atomic E-state index is 13.7. The summed E-state index contributed by atoms with van der Waals surface area (Å²) in [6.45, 7) is 0. The van der Waals surface area contributed by atoms with Crippen LogP contribution in [0.1, 0.15) is 10.4 Å². The van der Waals surface area contributed by atoms with E-state index in [1.54, 1.807) is 6.07 Å². The first-order valence-corrected chi connectivity index (χ1v) is 6.40. The van der Waals surface area contributed by atoms with Gasteiger partial charge in [-0.05, 0) is 30.3 Å². The second-order valence-electron chi connectivity index (χ2n) is 3.92. The van der Waals surface area contributed by atoms with Crippen LogP contribution in [0.2, 0.25) is 0 Å². The molecule has 0 aromatic heterocycles. The van der Waals surface area contributed by atoms with Crippen LogP contribution in [0.5, 0.6) is 5.75 Å². The molecule has 3 nitrogen and oxygen atoms in total. The van der Waals surface area contributed by atoms with Crippen molar-refractivity contribution in [3.05, 3.63) is 58.1 Å². The van der Waals surface area contributed by atoms with Gasteiger partial charge >= 0.3 is 0 Å². The van der Waals surface area contributed by atoms with E-state index >= 15 is 0 Å². The topological polar surface area (TPSA) is 38.3 Å². The number of carbonyl (C=O) groups excluding carboxylic acids is 1. The molecule has 0 atom stereocenters. The maximum Gasteiger partial charge on any atom is 0.258 e. The maximum absolute atomic E-state index is 13.7. The number of ether oxygens (including phenoxy) is 1. The van der Waals surface area contributed by atoms with E-state index < -0.39 is 17.5 Å². The standard InChI is InChI=1S/C14H10BrF2NO2/c1-20-9-3-4-10(11(16)7-9)14(19)18-13-5-2-8(15)6-12(13)17/h2-7H,1H3,(H,18,19). The Morgan fingerprint density at radius 3 is 2.50 bits per heavy atom. The molecular weight excluding hydrogens is 332 g/mol. The van der Waals surface area contributed by atoms with Gasteiger partial charge in [0.25, 0.3) is 5.91 Å². The average Bonchev–Trinajstić information content (AvgIpc) is 2.41. The minimum atomic E-state index is -0.737. The molecular formula is C14H10BrF2NO2. The second kappa shape index (κ2) is 6.00. The third-order valence-corrected chi connectivity index (χ3v) is 3.09. The Morgan fingerprint density at radius 2 is 1.90 bits per heavy atom. The summed E-state index contributed by atoms with van der Waals surface area (Å²) in [5.74, 6) is -1.78. The van der Waals surface area contributed by atoms with E-state index in [-0.39, 0.29) is 11.3 Å². The summed E-state index contributed by atoms with van der Waals surface area (Å²) in [7, 11) is 1.39. The molecule has 2 aromatic carbocycles. The van der Waals surface area contributed by atoms with E-state index in [0.29, 0.717) is 10.2 Å². The number of anilines is 1. The first-order valence-electron chi connectivity index (χ1n) is 5.61. The first kappa shape index (κ1) is 14.5. The van der Waals surface area contributed by atoms with Crippen molar-refractivity contribution in [3.63, 3.8) is 0 Å². The minimum absolute atomic E-state index is 0.0200. The van der Waals surface area contributed by atoms with Crippen molar-refractivity contribution < 1.29 is 18.3 Å². The summed E-state index contributed by atoms with van der Waals surface area (Å²) in [6, 6.07) is 7.99. The quantitative estimate of drug-likeness (QED) is 0.916. The van der Waals surface area contributed by atoms with Crippen LogP contribution in [0.4, 0.5) is 14.5 Å². The zero-order chi connectivity index (χ0) is 14.7. The number of benzene rings is 2. The Kier molecular flexibility index (Phi) is 4.34. The Balaban J connectivity index is 2.24. The van der Waals surface area contributed by atoms with Gasteiger partial charge in [0.1, 0.15) is 17.4 Å². The van der Waals surface area contributed by atoms with Gasteiger partial charge < -0.3 is 10.1 Å². The van der Waals surface area contributed by atoms with Crippen molar-refractivity contribution in [3.8, 4) is 5.75 Å². The van der Waals surface area contributed by atoms with Crippen molar-refractivity contribution in [2.75, 3.05) is 12.4 Å². The summed E-state index contributed by atoms with van der Waals surface area (Å²) in [5, 5.41) is 2.32. The van der Waals surface area contributed by atoms with E-state index in [1.165, 1.54) is 31.4 Å². The molecule has 0 aliphatic heterocycles. The van der Waals surface area contributed by atoms with Crippen molar-refractivity contribution in [1.29, 1.82) is 0 Å². The Labute approximate surface area is 122 Å². The van der Waals surface area contributed by atoms with Crippen LogP contribution >= 0.6 is 15.9 Å². The molecule has 0 aliphatic carbocycles. The van der Waals surface area contributed by atoms with Crippen LogP contribution in [0.25, 0.3) is 0 Å². The number of rotatable bonds is 3. The number of methoxy groups -OCH3 is 1. The molecule has 0 unspecified atom stereocenters. The molecule has 6 heteroatoms. The van der Waals surface area contributed by atoms with Crippen molar-refractivity contribution in [2.24, 2.45) is 0 Å². The predicted octanol–water partition coefficient (Wildman–Crippen LogP) is 3.99. The van der Waals surface area contributed by atoms with Crippen LogP contribution in [-0.2, 0) is 0 Å². The van der Waals surface area contributed by atoms with Gasteiger partial charge in [-0.2, -0.15) is 0 Å². The van der Waals surface area contributed by atoms with Crippen molar-refractivity contribution >= 4 is 27.5 Å². The van der Waals surface area contributed by atoms with E-state index in [4.69, 9.17) is 4.74 Å². The van der Waals surface area contributed by atoms with Gasteiger partial charge in [0.15, 0.2) is 0 Å². The smallest absolute Gasteiger partial charge is 0.258 e. The normalized spacial score (nSPS) is 10.2. The predicted molar refractivity (Wildman–Crippen MR) is 75.0 cm³/mol. The van der Waals surface area contributed by atoms with Gasteiger partial charge in [-0.1, -0.05) is 15.9 Å². The molecule has 1 amide bonds. The SMILES string of the molecule is COc1ccc(C(=O)Nc2ccc(Br)cc2F)c(F)c1. The first-order chi connectivity index (χ1) is 9.51. The third-order valence-electron chi connectivity index (χ3n) is 2.60. The van der Waals surface area contributed by atoms with Crippen LogP contribution in [0.3, 0.4) is 0 Å². The van der Waals surface area contributed by atoms with Crippen molar-refractivity contribution in [1.82, 2.24) is 0 Å². The highest BCUT2D eigenvalue weighted by Gasteiger charge is 2.14. The van der Waals surface area contributed by atoms with E-state index in [1.807, 2.05) is 0 Å². The lowest BCUT2D eigenvalue weighted by Crippen LogP contribution is -2.14. The summed E-state index contributed by atoms with van der Waals surface area (Å²) in [6.07, 6.45) is 0. The van der Waals surface area contributed by atoms with Gasteiger partial charge in [-0.15, -0.1) is 0 Å². The van der Waals surface area contributed by atoms with E-state index in [9.17, 15) is 13.6 Å². The Hall–Kier alpha value is -1.95. The molecule has 0 fully saturated rings. The number of amides is 1. The summed E-state index contributed by atoms with van der Waals surface area (Å²) in [4.78, 5) is 11.9. The lowest BCUT2D eigenvalue weighted by Gasteiger charge is -2.08. The fourth-order valence-corrected chi connectivity index (χ4v) is 1.92. The molecule has 0 radical (unpaired) electrons. The lowest BCUT2D eigenvalue weighted by atomic mass is 10.2. The molecule has 2 rings (SSSR count). The largest absolute Gasteiger partial charge is 0.497 e. The second-order valence-corrected chi connectivity index (χ2v) is 4.84. The number of nitrogens with one attached hydrogen (secondary N) is 1. The molecule has 2 aromatic rings. The molecule has 0 aliphatic rings. The third kappa shape index (κ3) is 3.14. The number of hydrogen-bond donors (Lipinski definition) is 1. The van der Waals surface area contributed by atoms with Crippen LogP contribution in [-0.4, -0.2) is 13.0 Å². The fraction of sp³-hybridized carbons (Fsp3) is 0.0714. The Bertz CT molecular complexity index is 662. The minimum Gasteiger partial charge on any atom is -0.497 e. The summed E-state index contributed by atoms with van der Waals surface area (Å²) >= 11 is 3.11. The van der Waals surface area contributed by atoms with Crippen LogP contribution in [0.15, 0.2) is 40.9 Å². The lowest BCUT2D eigenvalue weighted by molar-refractivity contribution is 0.102. The van der Waals surface area contributed by atoms with Crippen LogP contribution < -0.4 is 10.1 Å². The number of hydrogen-bond acceptors (Lipinski definition) is 2. The van der Waals surface area contributed by atoms with Crippen LogP contribution in [0, 0.1) is 11.6 Å². The zero-order valence-electron chi connectivity index (χ0n) is 10.4. The molecule has 0 heterocycles. The van der Waals surface area contributed by atoms with Gasteiger partial charge in [0.05, 0.1) is 18.4 Å². The molecule has 20 heavy (non-hydrogen) atoms. The molecule has 0 bridgehead atoms. The average molecular weight is 342 g/mol.